The predicted molar refractivity (Wildman–Crippen MR) is 204 cm³/mol. The zero-order valence-corrected chi connectivity index (χ0v) is 33.2. The molecule has 13 heteroatoms. The zero-order valence-electron chi connectivity index (χ0n) is 32.2. The fourth-order valence-electron chi connectivity index (χ4n) is 5.24. The quantitative estimate of drug-likeness (QED) is 0.0752. The second-order valence-electron chi connectivity index (χ2n) is 12.6. The summed E-state index contributed by atoms with van der Waals surface area (Å²) in [6.07, 6.45) is 0. The van der Waals surface area contributed by atoms with Crippen LogP contribution in [-0.2, 0) is 56.5 Å². The molecule has 12 nitrogen and oxygen atoms in total. The monoisotopic (exact) mass is 754 g/mol. The summed E-state index contributed by atoms with van der Waals surface area (Å²) in [5, 5.41) is 2.48. The van der Waals surface area contributed by atoms with Crippen LogP contribution in [0.5, 0.6) is 0 Å². The van der Waals surface area contributed by atoms with Gasteiger partial charge < -0.3 is 56.5 Å². The van der Waals surface area contributed by atoms with Gasteiger partial charge in [0.1, 0.15) is 0 Å². The van der Waals surface area contributed by atoms with E-state index in [2.05, 4.69) is 81.4 Å². The van der Waals surface area contributed by atoms with Crippen LogP contribution in [-0.4, -0.2) is 161 Å². The van der Waals surface area contributed by atoms with Crippen molar-refractivity contribution in [1.82, 2.24) is 0 Å². The lowest BCUT2D eigenvalue weighted by Crippen LogP contribution is -2.66. The van der Waals surface area contributed by atoms with Crippen LogP contribution in [0.3, 0.4) is 0 Å². The molecule has 0 atom stereocenters. The first-order chi connectivity index (χ1) is 25.5. The van der Waals surface area contributed by atoms with Gasteiger partial charge in [-0.25, -0.2) is 0 Å². The van der Waals surface area contributed by atoms with Crippen LogP contribution in [0.1, 0.15) is 20.8 Å². The smallest absolute Gasteiger partial charge is 0.261 e. The van der Waals surface area contributed by atoms with Crippen molar-refractivity contribution in [1.29, 1.82) is 0 Å². The second-order valence-corrected chi connectivity index (χ2v) is 16.9. The van der Waals surface area contributed by atoms with Gasteiger partial charge in [0.15, 0.2) is 0 Å². The van der Waals surface area contributed by atoms with Crippen molar-refractivity contribution < 1.29 is 56.5 Å². The molecule has 0 aliphatic rings. The zero-order chi connectivity index (χ0) is 37.3. The predicted octanol–water partition coefficient (Wildman–Crippen LogP) is 3.38. The van der Waals surface area contributed by atoms with E-state index < -0.39 is 8.32 Å². The number of rotatable bonds is 36. The minimum absolute atomic E-state index is 0.0556. The van der Waals surface area contributed by atoms with E-state index in [1.54, 1.807) is 7.11 Å². The average Bonchev–Trinajstić information content (AvgIpc) is 3.15. The Bertz CT molecular complexity index is 1010. The third-order valence-electron chi connectivity index (χ3n) is 7.74. The third kappa shape index (κ3) is 21.2. The Balaban J connectivity index is 1.32. The maximum Gasteiger partial charge on any atom is 0.261 e. The lowest BCUT2D eigenvalue weighted by atomic mass is 10.2. The molecule has 0 aromatic heterocycles. The van der Waals surface area contributed by atoms with Crippen LogP contribution in [0.25, 0.3) is 0 Å². The summed E-state index contributed by atoms with van der Waals surface area (Å²) >= 11 is 0. The normalized spacial score (nSPS) is 12.2. The molecule has 0 spiro atoms. The molecule has 2 rings (SSSR count). The molecule has 0 bridgehead atoms. The highest BCUT2D eigenvalue weighted by molar-refractivity contribution is 6.99. The SMILES string of the molecule is COCCOCCOCCOCCOCCOCCOCCOCCOCCOCCOCCO[Si](c1ccccc1)(c1ccccc1)C(C)(C)C. The fourth-order valence-corrected chi connectivity index (χ4v) is 9.78. The molecule has 0 unspecified atom stereocenters. The van der Waals surface area contributed by atoms with Crippen molar-refractivity contribution in [2.75, 3.05) is 152 Å². The molecule has 0 fully saturated rings. The van der Waals surface area contributed by atoms with Gasteiger partial charge in [0.2, 0.25) is 0 Å². The van der Waals surface area contributed by atoms with E-state index in [1.807, 2.05) is 0 Å². The summed E-state index contributed by atoms with van der Waals surface area (Å²) in [5.74, 6) is 0. The van der Waals surface area contributed by atoms with E-state index in [0.717, 1.165) is 0 Å². The van der Waals surface area contributed by atoms with Gasteiger partial charge >= 0.3 is 0 Å². The van der Waals surface area contributed by atoms with Gasteiger partial charge in [-0.1, -0.05) is 81.4 Å². The molecule has 2 aromatic rings. The molecule has 52 heavy (non-hydrogen) atoms. The Kier molecular flexibility index (Phi) is 28.1. The molecule has 0 heterocycles. The van der Waals surface area contributed by atoms with Gasteiger partial charge in [0.25, 0.3) is 8.32 Å². The van der Waals surface area contributed by atoms with Gasteiger partial charge in [-0.2, -0.15) is 0 Å². The van der Waals surface area contributed by atoms with Gasteiger partial charge in [-0.15, -0.1) is 0 Å². The van der Waals surface area contributed by atoms with Crippen molar-refractivity contribution in [3.05, 3.63) is 60.7 Å². The number of hydrogen-bond donors (Lipinski definition) is 0. The summed E-state index contributed by atoms with van der Waals surface area (Å²) in [5.41, 5.74) is 0. The number of ether oxygens (including phenoxy) is 11. The Morgan fingerprint density at radius 2 is 0.577 bits per heavy atom. The molecule has 2 aromatic carbocycles. The first-order valence-electron chi connectivity index (χ1n) is 18.5. The largest absolute Gasteiger partial charge is 0.405 e. The van der Waals surface area contributed by atoms with Crippen molar-refractivity contribution in [3.8, 4) is 0 Å². The number of benzene rings is 2. The third-order valence-corrected chi connectivity index (χ3v) is 12.8. The lowest BCUT2D eigenvalue weighted by Gasteiger charge is -2.43. The first-order valence-corrected chi connectivity index (χ1v) is 20.4. The minimum Gasteiger partial charge on any atom is -0.405 e. The van der Waals surface area contributed by atoms with Crippen LogP contribution in [0, 0.1) is 0 Å². The highest BCUT2D eigenvalue weighted by Crippen LogP contribution is 2.36. The number of methoxy groups -OCH3 is 1. The molecule has 0 aliphatic heterocycles. The second kappa shape index (κ2) is 31.5. The van der Waals surface area contributed by atoms with E-state index in [-0.39, 0.29) is 5.04 Å². The average molecular weight is 755 g/mol. The molecule has 0 saturated heterocycles. The molecule has 0 N–H and O–H groups in total. The summed E-state index contributed by atoms with van der Waals surface area (Å²) < 4.78 is 67.1. The van der Waals surface area contributed by atoms with E-state index in [0.29, 0.717) is 145 Å². The number of hydrogen-bond acceptors (Lipinski definition) is 12. The standard InChI is InChI=1S/C39H66O12Si/c1-39(2,3)52(37-11-7-5-8-12-37,38-13-9-6-10-14-38)51-36-35-50-34-33-49-32-31-48-30-29-47-28-27-46-26-25-45-24-23-44-22-21-43-20-19-42-18-17-41-16-15-40-4/h5-14H,15-36H2,1-4H3. The Morgan fingerprint density at radius 1 is 0.346 bits per heavy atom. The Hall–Kier alpha value is -1.82. The molecule has 0 amide bonds. The van der Waals surface area contributed by atoms with Crippen LogP contribution >= 0.6 is 0 Å². The Labute approximate surface area is 313 Å². The maximum absolute atomic E-state index is 6.85. The topological polar surface area (TPSA) is 111 Å². The van der Waals surface area contributed by atoms with Gasteiger partial charge in [0.05, 0.1) is 145 Å². The van der Waals surface area contributed by atoms with E-state index >= 15 is 0 Å². The molecule has 0 aliphatic carbocycles. The van der Waals surface area contributed by atoms with Crippen molar-refractivity contribution >= 4 is 18.7 Å². The highest BCUT2D eigenvalue weighted by Gasteiger charge is 2.50. The summed E-state index contributed by atoms with van der Waals surface area (Å²) in [7, 11) is -0.889. The summed E-state index contributed by atoms with van der Waals surface area (Å²) in [6, 6.07) is 21.3. The minimum atomic E-state index is -2.54. The molecule has 0 saturated carbocycles. The molecule has 0 radical (unpaired) electrons. The molecular formula is C39H66O12Si. The van der Waals surface area contributed by atoms with Crippen molar-refractivity contribution in [2.24, 2.45) is 0 Å². The molecule has 298 valence electrons. The van der Waals surface area contributed by atoms with Crippen molar-refractivity contribution in [3.63, 3.8) is 0 Å². The van der Waals surface area contributed by atoms with E-state index in [1.165, 1.54) is 10.4 Å². The first kappa shape index (κ1) is 46.3. The van der Waals surface area contributed by atoms with Crippen LogP contribution < -0.4 is 10.4 Å². The van der Waals surface area contributed by atoms with Crippen LogP contribution in [0.15, 0.2) is 60.7 Å². The highest BCUT2D eigenvalue weighted by atomic mass is 28.4. The lowest BCUT2D eigenvalue weighted by molar-refractivity contribution is -0.0273. The summed E-state index contributed by atoms with van der Waals surface area (Å²) in [4.78, 5) is 0. The van der Waals surface area contributed by atoms with E-state index in [9.17, 15) is 0 Å². The van der Waals surface area contributed by atoms with Gasteiger partial charge in [-0.05, 0) is 15.4 Å². The fraction of sp³-hybridized carbons (Fsp3) is 0.692. The Morgan fingerprint density at radius 3 is 0.808 bits per heavy atom. The van der Waals surface area contributed by atoms with Gasteiger partial charge in [-0.3, -0.25) is 0 Å². The van der Waals surface area contributed by atoms with Gasteiger partial charge in [0, 0.05) is 7.11 Å². The van der Waals surface area contributed by atoms with Crippen molar-refractivity contribution in [2.45, 2.75) is 25.8 Å². The van der Waals surface area contributed by atoms with Crippen LogP contribution in [0.4, 0.5) is 0 Å². The summed E-state index contributed by atoms with van der Waals surface area (Å²) in [6.45, 7) is 18.3. The molecular weight excluding hydrogens is 689 g/mol. The van der Waals surface area contributed by atoms with E-state index in [4.69, 9.17) is 56.5 Å². The van der Waals surface area contributed by atoms with Crippen LogP contribution in [0.2, 0.25) is 5.04 Å². The maximum atomic E-state index is 6.85.